The lowest BCUT2D eigenvalue weighted by Crippen LogP contribution is -2.46. The van der Waals surface area contributed by atoms with Gasteiger partial charge < -0.3 is 20.3 Å². The Kier molecular flexibility index (Phi) is 6.90. The summed E-state index contributed by atoms with van der Waals surface area (Å²) in [4.78, 5) is 30.2. The van der Waals surface area contributed by atoms with Crippen LogP contribution in [0.3, 0.4) is 0 Å². The topological polar surface area (TPSA) is 83.6 Å². The fourth-order valence-corrected chi connectivity index (χ4v) is 3.81. The SMILES string of the molecule is CCOC(=O)N1CCC(NC(=O)c2cc(NC3CCCCC3)ccn2)CC1. The maximum Gasteiger partial charge on any atom is 0.409 e. The number of carbonyl (C=O) groups is 2. The van der Waals surface area contributed by atoms with Crippen molar-refractivity contribution >= 4 is 17.7 Å². The van der Waals surface area contributed by atoms with Crippen LogP contribution in [0.5, 0.6) is 0 Å². The van der Waals surface area contributed by atoms with E-state index in [0.717, 1.165) is 18.5 Å². The van der Waals surface area contributed by atoms with Crippen LogP contribution in [0.2, 0.25) is 0 Å². The molecular weight excluding hydrogens is 344 g/mol. The molecule has 7 heteroatoms. The summed E-state index contributed by atoms with van der Waals surface area (Å²) < 4.78 is 5.03. The number of rotatable bonds is 5. The largest absolute Gasteiger partial charge is 0.450 e. The van der Waals surface area contributed by atoms with Crippen LogP contribution < -0.4 is 10.6 Å². The van der Waals surface area contributed by atoms with Crippen LogP contribution in [-0.4, -0.2) is 53.7 Å². The Morgan fingerprint density at radius 2 is 1.89 bits per heavy atom. The van der Waals surface area contributed by atoms with E-state index in [0.29, 0.717) is 31.4 Å². The normalized spacial score (nSPS) is 18.8. The molecule has 1 saturated carbocycles. The molecule has 0 bridgehead atoms. The van der Waals surface area contributed by atoms with Crippen molar-refractivity contribution in [3.63, 3.8) is 0 Å². The van der Waals surface area contributed by atoms with E-state index in [-0.39, 0.29) is 18.0 Å². The number of ether oxygens (including phenoxy) is 1. The van der Waals surface area contributed by atoms with Gasteiger partial charge in [-0.3, -0.25) is 9.78 Å². The van der Waals surface area contributed by atoms with E-state index in [4.69, 9.17) is 4.74 Å². The quantitative estimate of drug-likeness (QED) is 0.827. The second-order valence-corrected chi connectivity index (χ2v) is 7.34. The molecule has 0 unspecified atom stereocenters. The first-order chi connectivity index (χ1) is 13.2. The van der Waals surface area contributed by atoms with E-state index in [9.17, 15) is 9.59 Å². The van der Waals surface area contributed by atoms with Crippen molar-refractivity contribution in [2.45, 2.75) is 64.0 Å². The Balaban J connectivity index is 1.49. The first-order valence-electron chi connectivity index (χ1n) is 10.1. The monoisotopic (exact) mass is 374 g/mol. The lowest BCUT2D eigenvalue weighted by Gasteiger charge is -2.31. The highest BCUT2D eigenvalue weighted by Gasteiger charge is 2.25. The van der Waals surface area contributed by atoms with Crippen LogP contribution in [0.1, 0.15) is 62.4 Å². The zero-order valence-electron chi connectivity index (χ0n) is 16.1. The van der Waals surface area contributed by atoms with Crippen molar-refractivity contribution in [1.82, 2.24) is 15.2 Å². The maximum atomic E-state index is 12.6. The number of aromatic nitrogens is 1. The fourth-order valence-electron chi connectivity index (χ4n) is 3.81. The van der Waals surface area contributed by atoms with Gasteiger partial charge >= 0.3 is 6.09 Å². The van der Waals surface area contributed by atoms with Gasteiger partial charge in [0.15, 0.2) is 0 Å². The number of amides is 2. The molecule has 1 saturated heterocycles. The summed E-state index contributed by atoms with van der Waals surface area (Å²) in [6, 6.07) is 4.30. The number of pyridine rings is 1. The number of nitrogens with zero attached hydrogens (tertiary/aromatic N) is 2. The molecule has 3 rings (SSSR count). The summed E-state index contributed by atoms with van der Waals surface area (Å²) >= 11 is 0. The van der Waals surface area contributed by atoms with E-state index in [1.165, 1.54) is 32.1 Å². The van der Waals surface area contributed by atoms with E-state index >= 15 is 0 Å². The number of hydrogen-bond donors (Lipinski definition) is 2. The second kappa shape index (κ2) is 9.58. The van der Waals surface area contributed by atoms with Gasteiger partial charge in [-0.25, -0.2) is 4.79 Å². The van der Waals surface area contributed by atoms with Crippen molar-refractivity contribution < 1.29 is 14.3 Å². The molecule has 7 nitrogen and oxygen atoms in total. The highest BCUT2D eigenvalue weighted by Crippen LogP contribution is 2.22. The summed E-state index contributed by atoms with van der Waals surface area (Å²) in [6.07, 6.45) is 9.08. The van der Waals surface area contributed by atoms with Gasteiger partial charge in [0.2, 0.25) is 0 Å². The van der Waals surface area contributed by atoms with Crippen molar-refractivity contribution in [1.29, 1.82) is 0 Å². The summed E-state index contributed by atoms with van der Waals surface area (Å²) in [6.45, 7) is 3.38. The molecule has 0 radical (unpaired) electrons. The fraction of sp³-hybridized carbons (Fsp3) is 0.650. The van der Waals surface area contributed by atoms with Crippen molar-refractivity contribution in [3.05, 3.63) is 24.0 Å². The van der Waals surface area contributed by atoms with Crippen LogP contribution in [0, 0.1) is 0 Å². The molecule has 1 aromatic heterocycles. The summed E-state index contributed by atoms with van der Waals surface area (Å²) in [5.74, 6) is -0.156. The first-order valence-corrected chi connectivity index (χ1v) is 10.1. The molecule has 0 atom stereocenters. The molecule has 2 heterocycles. The summed E-state index contributed by atoms with van der Waals surface area (Å²) in [5, 5.41) is 6.58. The van der Waals surface area contributed by atoms with Crippen molar-refractivity contribution in [2.75, 3.05) is 25.0 Å². The minimum Gasteiger partial charge on any atom is -0.450 e. The van der Waals surface area contributed by atoms with Crippen LogP contribution in [0.4, 0.5) is 10.5 Å². The molecular formula is C20H30N4O3. The van der Waals surface area contributed by atoms with Gasteiger partial charge in [0.25, 0.3) is 5.91 Å². The zero-order valence-corrected chi connectivity index (χ0v) is 16.1. The van der Waals surface area contributed by atoms with Crippen LogP contribution in [0.15, 0.2) is 18.3 Å². The average Bonchev–Trinajstić information content (AvgIpc) is 2.70. The Morgan fingerprint density at radius 3 is 2.59 bits per heavy atom. The predicted molar refractivity (Wildman–Crippen MR) is 104 cm³/mol. The van der Waals surface area contributed by atoms with Crippen molar-refractivity contribution in [2.24, 2.45) is 0 Å². The predicted octanol–water partition coefficient (Wildman–Crippen LogP) is 3.18. The van der Waals surface area contributed by atoms with Gasteiger partial charge in [-0.2, -0.15) is 0 Å². The minimum absolute atomic E-state index is 0.0555. The van der Waals surface area contributed by atoms with E-state index in [1.807, 2.05) is 12.1 Å². The Labute approximate surface area is 160 Å². The van der Waals surface area contributed by atoms with E-state index in [1.54, 1.807) is 18.0 Å². The van der Waals surface area contributed by atoms with Gasteiger partial charge in [0.1, 0.15) is 5.69 Å². The summed E-state index contributed by atoms with van der Waals surface area (Å²) in [5.41, 5.74) is 1.39. The molecule has 27 heavy (non-hydrogen) atoms. The molecule has 2 aliphatic rings. The maximum absolute atomic E-state index is 12.6. The van der Waals surface area contributed by atoms with Crippen molar-refractivity contribution in [3.8, 4) is 0 Å². The lowest BCUT2D eigenvalue weighted by atomic mass is 9.95. The average molecular weight is 374 g/mol. The summed E-state index contributed by atoms with van der Waals surface area (Å²) in [7, 11) is 0. The molecule has 2 amide bonds. The van der Waals surface area contributed by atoms with Crippen LogP contribution in [0.25, 0.3) is 0 Å². The van der Waals surface area contributed by atoms with Gasteiger partial charge in [-0.05, 0) is 44.7 Å². The molecule has 0 aromatic carbocycles. The third-order valence-electron chi connectivity index (χ3n) is 5.32. The number of piperidine rings is 1. The van der Waals surface area contributed by atoms with Gasteiger partial charge in [-0.1, -0.05) is 19.3 Å². The molecule has 1 aromatic rings. The smallest absolute Gasteiger partial charge is 0.409 e. The molecule has 2 fully saturated rings. The number of hydrogen-bond acceptors (Lipinski definition) is 5. The third-order valence-corrected chi connectivity index (χ3v) is 5.32. The van der Waals surface area contributed by atoms with E-state index < -0.39 is 0 Å². The highest BCUT2D eigenvalue weighted by atomic mass is 16.6. The molecule has 1 aliphatic heterocycles. The number of nitrogens with one attached hydrogen (secondary N) is 2. The number of carbonyl (C=O) groups excluding carboxylic acids is 2. The number of likely N-dealkylation sites (tertiary alicyclic amines) is 1. The Morgan fingerprint density at radius 1 is 1.15 bits per heavy atom. The van der Waals surface area contributed by atoms with E-state index in [2.05, 4.69) is 15.6 Å². The molecule has 2 N–H and O–H groups in total. The third kappa shape index (κ3) is 5.58. The Hall–Kier alpha value is -2.31. The molecule has 1 aliphatic carbocycles. The zero-order chi connectivity index (χ0) is 19.1. The highest BCUT2D eigenvalue weighted by molar-refractivity contribution is 5.93. The lowest BCUT2D eigenvalue weighted by molar-refractivity contribution is 0.0856. The molecule has 0 spiro atoms. The van der Waals surface area contributed by atoms with Crippen LogP contribution >= 0.6 is 0 Å². The standard InChI is InChI=1S/C20H30N4O3/c1-2-27-20(26)24-12-9-16(10-13-24)23-19(25)18-14-17(8-11-21-18)22-15-6-4-3-5-7-15/h8,11,14-16H,2-7,9-10,12-13H2,1H3,(H,21,22)(H,23,25). The molecule has 148 valence electrons. The van der Waals surface area contributed by atoms with Crippen LogP contribution in [-0.2, 0) is 4.74 Å². The Bertz CT molecular complexity index is 638. The van der Waals surface area contributed by atoms with Gasteiger partial charge in [-0.15, -0.1) is 0 Å². The minimum atomic E-state index is -0.273. The first kappa shape index (κ1) is 19.5. The van der Waals surface area contributed by atoms with Gasteiger partial charge in [0, 0.05) is 37.1 Å². The van der Waals surface area contributed by atoms with Gasteiger partial charge in [0.05, 0.1) is 6.61 Å². The second-order valence-electron chi connectivity index (χ2n) is 7.34. The number of anilines is 1.